The van der Waals surface area contributed by atoms with Gasteiger partial charge in [0, 0.05) is 24.4 Å². The van der Waals surface area contributed by atoms with Gasteiger partial charge in [0.1, 0.15) is 5.75 Å². The molecule has 27 heavy (non-hydrogen) atoms. The highest BCUT2D eigenvalue weighted by Crippen LogP contribution is 2.32. The Bertz CT molecular complexity index is 830. The Morgan fingerprint density at radius 1 is 1.15 bits per heavy atom. The van der Waals surface area contributed by atoms with E-state index in [0.29, 0.717) is 19.5 Å². The first-order valence-electron chi connectivity index (χ1n) is 9.43. The Morgan fingerprint density at radius 2 is 1.89 bits per heavy atom. The SMILES string of the molecule is COc1ccccc1C1=NO[C@@H](CN(Cc2ccccc2)C(=O)C2CC2)C1. The van der Waals surface area contributed by atoms with Crippen LogP contribution in [0.3, 0.4) is 0 Å². The van der Waals surface area contributed by atoms with E-state index in [9.17, 15) is 4.79 Å². The number of amides is 1. The quantitative estimate of drug-likeness (QED) is 0.754. The number of rotatable bonds is 7. The first-order chi connectivity index (χ1) is 13.2. The maximum Gasteiger partial charge on any atom is 0.226 e. The zero-order chi connectivity index (χ0) is 18.6. The minimum Gasteiger partial charge on any atom is -0.496 e. The van der Waals surface area contributed by atoms with Crippen molar-refractivity contribution in [3.8, 4) is 5.75 Å². The van der Waals surface area contributed by atoms with E-state index in [0.717, 1.165) is 35.4 Å². The fraction of sp³-hybridized carbons (Fsp3) is 0.364. The van der Waals surface area contributed by atoms with Gasteiger partial charge in [0.15, 0.2) is 6.10 Å². The molecule has 0 N–H and O–H groups in total. The molecule has 0 unspecified atom stereocenters. The molecule has 5 nitrogen and oxygen atoms in total. The topological polar surface area (TPSA) is 51.1 Å². The minimum absolute atomic E-state index is 0.128. The van der Waals surface area contributed by atoms with Crippen LogP contribution in [0.5, 0.6) is 5.75 Å². The number of carbonyl (C=O) groups excluding carboxylic acids is 1. The molecule has 1 atom stereocenters. The van der Waals surface area contributed by atoms with Crippen LogP contribution in [0.25, 0.3) is 0 Å². The molecule has 0 radical (unpaired) electrons. The number of methoxy groups -OCH3 is 1. The summed E-state index contributed by atoms with van der Waals surface area (Å²) in [7, 11) is 1.66. The van der Waals surface area contributed by atoms with E-state index in [2.05, 4.69) is 17.3 Å². The Kier molecular flexibility index (Phi) is 5.10. The number of carbonyl (C=O) groups is 1. The van der Waals surface area contributed by atoms with Gasteiger partial charge in [0.2, 0.25) is 5.91 Å². The van der Waals surface area contributed by atoms with Crippen LogP contribution in [0, 0.1) is 5.92 Å². The predicted molar refractivity (Wildman–Crippen MR) is 104 cm³/mol. The molecule has 1 amide bonds. The highest BCUT2D eigenvalue weighted by Gasteiger charge is 2.35. The van der Waals surface area contributed by atoms with Crippen molar-refractivity contribution < 1.29 is 14.4 Å². The molecule has 1 fully saturated rings. The third-order valence-corrected chi connectivity index (χ3v) is 5.03. The summed E-state index contributed by atoms with van der Waals surface area (Å²) in [5, 5.41) is 4.27. The Labute approximate surface area is 159 Å². The van der Waals surface area contributed by atoms with Gasteiger partial charge in [0.25, 0.3) is 0 Å². The second-order valence-corrected chi connectivity index (χ2v) is 7.15. The molecule has 2 aromatic carbocycles. The normalized spacial score (nSPS) is 18.6. The van der Waals surface area contributed by atoms with Crippen molar-refractivity contribution in [2.45, 2.75) is 31.9 Å². The summed E-state index contributed by atoms with van der Waals surface area (Å²) < 4.78 is 5.43. The number of benzene rings is 2. The van der Waals surface area contributed by atoms with Crippen molar-refractivity contribution in [3.63, 3.8) is 0 Å². The number of para-hydroxylation sites is 1. The monoisotopic (exact) mass is 364 g/mol. The van der Waals surface area contributed by atoms with Gasteiger partial charge in [0.05, 0.1) is 19.4 Å². The van der Waals surface area contributed by atoms with Crippen LogP contribution in [-0.2, 0) is 16.2 Å². The molecule has 1 heterocycles. The van der Waals surface area contributed by atoms with Gasteiger partial charge in [-0.05, 0) is 30.5 Å². The summed E-state index contributed by atoms with van der Waals surface area (Å²) in [4.78, 5) is 20.4. The third kappa shape index (κ3) is 4.13. The van der Waals surface area contributed by atoms with Gasteiger partial charge in [-0.15, -0.1) is 0 Å². The van der Waals surface area contributed by atoms with Gasteiger partial charge >= 0.3 is 0 Å². The van der Waals surface area contributed by atoms with Crippen molar-refractivity contribution >= 4 is 11.6 Å². The van der Waals surface area contributed by atoms with Crippen LogP contribution in [0.2, 0.25) is 0 Å². The Balaban J connectivity index is 1.44. The highest BCUT2D eigenvalue weighted by molar-refractivity contribution is 6.03. The van der Waals surface area contributed by atoms with Crippen LogP contribution < -0.4 is 4.74 Å². The van der Waals surface area contributed by atoms with Crippen LogP contribution in [-0.4, -0.2) is 36.3 Å². The minimum atomic E-state index is -0.128. The standard InChI is InChI=1S/C22H24N2O3/c1-26-21-10-6-5-9-19(21)20-13-18(27-23-20)15-24(22(25)17-11-12-17)14-16-7-3-2-4-8-16/h2-10,17-18H,11-15H2,1H3/t18-/m1/s1. The molecule has 1 aliphatic carbocycles. The van der Waals surface area contributed by atoms with E-state index in [1.807, 2.05) is 47.4 Å². The molecular weight excluding hydrogens is 340 g/mol. The molecule has 2 aromatic rings. The van der Waals surface area contributed by atoms with E-state index >= 15 is 0 Å². The lowest BCUT2D eigenvalue weighted by molar-refractivity contribution is -0.135. The van der Waals surface area contributed by atoms with Gasteiger partial charge in [-0.3, -0.25) is 4.79 Å². The predicted octanol–water partition coefficient (Wildman–Crippen LogP) is 3.63. The molecule has 0 spiro atoms. The van der Waals surface area contributed by atoms with E-state index in [4.69, 9.17) is 9.57 Å². The summed E-state index contributed by atoms with van der Waals surface area (Å²) in [6, 6.07) is 17.9. The fourth-order valence-corrected chi connectivity index (χ4v) is 3.44. The summed E-state index contributed by atoms with van der Waals surface area (Å²) >= 11 is 0. The third-order valence-electron chi connectivity index (χ3n) is 5.03. The number of hydrogen-bond acceptors (Lipinski definition) is 4. The molecule has 5 heteroatoms. The summed E-state index contributed by atoms with van der Waals surface area (Å²) in [6.45, 7) is 1.16. The number of hydrogen-bond donors (Lipinski definition) is 0. The van der Waals surface area contributed by atoms with Crippen LogP contribution in [0.1, 0.15) is 30.4 Å². The highest BCUT2D eigenvalue weighted by atomic mass is 16.6. The molecule has 4 rings (SSSR count). The van der Waals surface area contributed by atoms with Crippen LogP contribution in [0.15, 0.2) is 59.8 Å². The molecule has 0 aromatic heterocycles. The summed E-state index contributed by atoms with van der Waals surface area (Å²) in [5.74, 6) is 1.20. The van der Waals surface area contributed by atoms with Crippen molar-refractivity contribution in [3.05, 3.63) is 65.7 Å². The second-order valence-electron chi connectivity index (χ2n) is 7.15. The maximum absolute atomic E-state index is 12.8. The number of nitrogens with zero attached hydrogens (tertiary/aromatic N) is 2. The molecule has 2 aliphatic rings. The van der Waals surface area contributed by atoms with E-state index < -0.39 is 0 Å². The Morgan fingerprint density at radius 3 is 2.63 bits per heavy atom. The molecular formula is C22H24N2O3. The Hall–Kier alpha value is -2.82. The number of ether oxygens (including phenoxy) is 1. The average Bonchev–Trinajstić information content (AvgIpc) is 3.46. The molecule has 0 saturated heterocycles. The lowest BCUT2D eigenvalue weighted by Gasteiger charge is -2.25. The van der Waals surface area contributed by atoms with Crippen LogP contribution in [0.4, 0.5) is 0 Å². The zero-order valence-corrected chi connectivity index (χ0v) is 15.5. The van der Waals surface area contributed by atoms with Crippen molar-refractivity contribution in [2.75, 3.05) is 13.7 Å². The first kappa shape index (κ1) is 17.6. The first-order valence-corrected chi connectivity index (χ1v) is 9.43. The summed E-state index contributed by atoms with van der Waals surface area (Å²) in [5.41, 5.74) is 2.96. The largest absolute Gasteiger partial charge is 0.496 e. The maximum atomic E-state index is 12.8. The van der Waals surface area contributed by atoms with Gasteiger partial charge in [-0.25, -0.2) is 0 Å². The van der Waals surface area contributed by atoms with Crippen molar-refractivity contribution in [2.24, 2.45) is 11.1 Å². The second kappa shape index (κ2) is 7.82. The van der Waals surface area contributed by atoms with Gasteiger partial charge in [-0.2, -0.15) is 0 Å². The zero-order valence-electron chi connectivity index (χ0n) is 15.5. The lowest BCUT2D eigenvalue weighted by atomic mass is 10.0. The van der Waals surface area contributed by atoms with E-state index in [1.165, 1.54) is 0 Å². The molecule has 140 valence electrons. The number of oxime groups is 1. The fourth-order valence-electron chi connectivity index (χ4n) is 3.44. The molecule has 1 saturated carbocycles. The van der Waals surface area contributed by atoms with Crippen molar-refractivity contribution in [1.29, 1.82) is 0 Å². The lowest BCUT2D eigenvalue weighted by Crippen LogP contribution is -2.38. The van der Waals surface area contributed by atoms with Gasteiger partial charge < -0.3 is 14.5 Å². The molecule has 1 aliphatic heterocycles. The summed E-state index contributed by atoms with van der Waals surface area (Å²) in [6.07, 6.45) is 2.54. The van der Waals surface area contributed by atoms with Crippen LogP contribution >= 0.6 is 0 Å². The van der Waals surface area contributed by atoms with Crippen molar-refractivity contribution in [1.82, 2.24) is 4.90 Å². The van der Waals surface area contributed by atoms with Gasteiger partial charge in [-0.1, -0.05) is 47.6 Å². The molecule has 0 bridgehead atoms. The van der Waals surface area contributed by atoms with E-state index in [-0.39, 0.29) is 17.9 Å². The van der Waals surface area contributed by atoms with E-state index in [1.54, 1.807) is 7.11 Å². The smallest absolute Gasteiger partial charge is 0.226 e. The average molecular weight is 364 g/mol.